The first-order chi connectivity index (χ1) is 17.5. The number of fused-ring (bicyclic) bond motifs is 1. The SMILES string of the molecule is CC(C)(C)c1nnc(C2CCC(NS(=O)(=O)c3ccc4[nH]c(-c5ccc(C(=O)O)cc5)nc4c3)CC2)o1. The molecule has 4 aromatic rings. The molecule has 194 valence electrons. The fourth-order valence-corrected chi connectivity index (χ4v) is 5.83. The number of aromatic amines is 1. The summed E-state index contributed by atoms with van der Waals surface area (Å²) >= 11 is 0. The van der Waals surface area contributed by atoms with Gasteiger partial charge in [-0.25, -0.2) is 22.9 Å². The number of benzene rings is 2. The van der Waals surface area contributed by atoms with Gasteiger partial charge in [0.25, 0.3) is 0 Å². The Hall–Kier alpha value is -3.57. The van der Waals surface area contributed by atoms with Crippen molar-refractivity contribution in [3.05, 3.63) is 59.8 Å². The molecule has 1 fully saturated rings. The van der Waals surface area contributed by atoms with Crippen LogP contribution in [0.4, 0.5) is 0 Å². The number of imidazole rings is 1. The van der Waals surface area contributed by atoms with Gasteiger partial charge in [0, 0.05) is 22.9 Å². The lowest BCUT2D eigenvalue weighted by Gasteiger charge is -2.27. The van der Waals surface area contributed by atoms with E-state index in [-0.39, 0.29) is 27.8 Å². The summed E-state index contributed by atoms with van der Waals surface area (Å²) in [6.45, 7) is 6.07. The minimum absolute atomic E-state index is 0.132. The maximum Gasteiger partial charge on any atom is 0.335 e. The largest absolute Gasteiger partial charge is 0.478 e. The molecule has 0 aliphatic heterocycles. The number of rotatable bonds is 6. The first-order valence-electron chi connectivity index (χ1n) is 12.2. The number of hydrogen-bond acceptors (Lipinski definition) is 7. The van der Waals surface area contributed by atoms with Gasteiger partial charge in [-0.1, -0.05) is 32.9 Å². The molecule has 37 heavy (non-hydrogen) atoms. The molecular formula is C26H29N5O5S. The standard InChI is InChI=1S/C26H29N5O5S/c1-26(2,3)25-30-29-23(36-25)16-8-10-18(11-9-16)31-37(34,35)19-12-13-20-21(14-19)28-22(27-20)15-4-6-17(7-5-15)24(32)33/h4-7,12-14,16,18,31H,8-11H2,1-3H3,(H,27,28)(H,32,33). The Morgan fingerprint density at radius 2 is 1.76 bits per heavy atom. The summed E-state index contributed by atoms with van der Waals surface area (Å²) < 4.78 is 35.0. The van der Waals surface area contributed by atoms with Gasteiger partial charge in [-0.2, -0.15) is 0 Å². The first-order valence-corrected chi connectivity index (χ1v) is 13.7. The summed E-state index contributed by atoms with van der Waals surface area (Å²) in [6.07, 6.45) is 2.89. The van der Waals surface area contributed by atoms with Crippen LogP contribution in [0.5, 0.6) is 0 Å². The molecule has 2 aromatic carbocycles. The van der Waals surface area contributed by atoms with Crippen LogP contribution in [0.15, 0.2) is 51.8 Å². The quantitative estimate of drug-likeness (QED) is 0.331. The monoisotopic (exact) mass is 523 g/mol. The molecule has 10 nitrogen and oxygen atoms in total. The summed E-state index contributed by atoms with van der Waals surface area (Å²) in [5, 5.41) is 17.5. The van der Waals surface area contributed by atoms with Crippen molar-refractivity contribution >= 4 is 27.0 Å². The molecule has 1 aliphatic rings. The molecule has 1 aliphatic carbocycles. The fourth-order valence-electron chi connectivity index (χ4n) is 4.51. The van der Waals surface area contributed by atoms with Crippen molar-refractivity contribution < 1.29 is 22.7 Å². The molecule has 0 spiro atoms. The molecule has 0 unspecified atom stereocenters. The van der Waals surface area contributed by atoms with E-state index in [4.69, 9.17) is 9.52 Å². The van der Waals surface area contributed by atoms with E-state index in [0.29, 0.717) is 47.0 Å². The van der Waals surface area contributed by atoms with Crippen LogP contribution in [0.1, 0.15) is 74.5 Å². The number of hydrogen-bond donors (Lipinski definition) is 3. The zero-order valence-corrected chi connectivity index (χ0v) is 21.7. The molecule has 5 rings (SSSR count). The molecule has 1 saturated carbocycles. The number of carboxylic acids is 1. The van der Waals surface area contributed by atoms with E-state index in [1.54, 1.807) is 30.3 Å². The minimum Gasteiger partial charge on any atom is -0.478 e. The van der Waals surface area contributed by atoms with Crippen molar-refractivity contribution in [2.24, 2.45) is 0 Å². The van der Waals surface area contributed by atoms with Crippen LogP contribution in [0.2, 0.25) is 0 Å². The number of sulfonamides is 1. The van der Waals surface area contributed by atoms with E-state index in [1.807, 2.05) is 20.8 Å². The van der Waals surface area contributed by atoms with Crippen molar-refractivity contribution in [1.29, 1.82) is 0 Å². The first kappa shape index (κ1) is 25.1. The Labute approximate surface area is 214 Å². The van der Waals surface area contributed by atoms with E-state index in [2.05, 4.69) is 24.9 Å². The van der Waals surface area contributed by atoms with Crippen LogP contribution in [-0.4, -0.2) is 45.7 Å². The highest BCUT2D eigenvalue weighted by Gasteiger charge is 2.31. The zero-order chi connectivity index (χ0) is 26.4. The second-order valence-corrected chi connectivity index (χ2v) is 12.2. The van der Waals surface area contributed by atoms with Crippen molar-refractivity contribution in [1.82, 2.24) is 24.9 Å². The second kappa shape index (κ2) is 9.38. The van der Waals surface area contributed by atoms with Crippen molar-refractivity contribution in [3.63, 3.8) is 0 Å². The Balaban J connectivity index is 1.26. The van der Waals surface area contributed by atoms with Gasteiger partial charge in [0.15, 0.2) is 0 Å². The van der Waals surface area contributed by atoms with Crippen LogP contribution in [0.25, 0.3) is 22.4 Å². The summed E-state index contributed by atoms with van der Waals surface area (Å²) in [5.74, 6) is 0.899. The fraction of sp³-hybridized carbons (Fsp3) is 0.385. The third kappa shape index (κ3) is 5.28. The highest BCUT2D eigenvalue weighted by Crippen LogP contribution is 2.34. The smallest absolute Gasteiger partial charge is 0.335 e. The van der Waals surface area contributed by atoms with Gasteiger partial charge in [-0.05, 0) is 56.0 Å². The van der Waals surface area contributed by atoms with Crippen LogP contribution in [0.3, 0.4) is 0 Å². The highest BCUT2D eigenvalue weighted by molar-refractivity contribution is 7.89. The van der Waals surface area contributed by atoms with Crippen LogP contribution in [0, 0.1) is 0 Å². The van der Waals surface area contributed by atoms with Gasteiger partial charge in [0.05, 0.1) is 21.5 Å². The minimum atomic E-state index is -3.74. The molecule has 0 radical (unpaired) electrons. The third-order valence-corrected chi connectivity index (χ3v) is 8.17. The molecular weight excluding hydrogens is 494 g/mol. The maximum absolute atomic E-state index is 13.1. The highest BCUT2D eigenvalue weighted by atomic mass is 32.2. The Morgan fingerprint density at radius 1 is 1.05 bits per heavy atom. The molecule has 2 heterocycles. The molecule has 0 amide bonds. The third-order valence-electron chi connectivity index (χ3n) is 6.65. The molecule has 3 N–H and O–H groups in total. The van der Waals surface area contributed by atoms with Gasteiger partial charge in [0.2, 0.25) is 21.8 Å². The number of H-pyrrole nitrogens is 1. The molecule has 2 aromatic heterocycles. The number of carboxylic acid groups (broad SMARTS) is 1. The van der Waals surface area contributed by atoms with Crippen LogP contribution >= 0.6 is 0 Å². The van der Waals surface area contributed by atoms with Gasteiger partial charge < -0.3 is 14.5 Å². The predicted octanol–water partition coefficient (Wildman–Crippen LogP) is 4.61. The topological polar surface area (TPSA) is 151 Å². The predicted molar refractivity (Wildman–Crippen MR) is 137 cm³/mol. The van der Waals surface area contributed by atoms with E-state index >= 15 is 0 Å². The van der Waals surface area contributed by atoms with Crippen molar-refractivity contribution in [2.45, 2.75) is 68.7 Å². The zero-order valence-electron chi connectivity index (χ0n) is 20.9. The van der Waals surface area contributed by atoms with E-state index in [1.165, 1.54) is 12.1 Å². The maximum atomic E-state index is 13.1. The average Bonchev–Trinajstić information content (AvgIpc) is 3.52. The number of carbonyl (C=O) groups is 1. The van der Waals surface area contributed by atoms with E-state index < -0.39 is 16.0 Å². The lowest BCUT2D eigenvalue weighted by atomic mass is 9.86. The van der Waals surface area contributed by atoms with Gasteiger partial charge >= 0.3 is 5.97 Å². The number of aromatic carboxylic acids is 1. The number of nitrogens with one attached hydrogen (secondary N) is 2. The summed E-state index contributed by atoms with van der Waals surface area (Å²) in [5.41, 5.74) is 1.87. The molecule has 0 saturated heterocycles. The lowest BCUT2D eigenvalue weighted by Crippen LogP contribution is -2.37. The van der Waals surface area contributed by atoms with Crippen molar-refractivity contribution in [3.8, 4) is 11.4 Å². The summed E-state index contributed by atoms with van der Waals surface area (Å²) in [7, 11) is -3.74. The van der Waals surface area contributed by atoms with Crippen LogP contribution < -0.4 is 4.72 Å². The van der Waals surface area contributed by atoms with E-state index in [9.17, 15) is 13.2 Å². The number of aromatic nitrogens is 4. The Bertz CT molecular complexity index is 1540. The normalized spacial score (nSPS) is 18.8. The second-order valence-electron chi connectivity index (χ2n) is 10.5. The summed E-state index contributed by atoms with van der Waals surface area (Å²) in [6, 6.07) is 10.9. The Kier molecular flexibility index (Phi) is 6.36. The van der Waals surface area contributed by atoms with Gasteiger partial charge in [-0.3, -0.25) is 0 Å². The average molecular weight is 524 g/mol. The van der Waals surface area contributed by atoms with Crippen molar-refractivity contribution in [2.75, 3.05) is 0 Å². The number of nitrogens with zero attached hydrogens (tertiary/aromatic N) is 3. The lowest BCUT2D eigenvalue weighted by molar-refractivity contribution is 0.0697. The van der Waals surface area contributed by atoms with E-state index in [0.717, 1.165) is 12.8 Å². The van der Waals surface area contributed by atoms with Gasteiger partial charge in [0.1, 0.15) is 5.82 Å². The Morgan fingerprint density at radius 3 is 2.38 bits per heavy atom. The molecule has 0 bridgehead atoms. The molecule has 11 heteroatoms. The van der Waals surface area contributed by atoms with Gasteiger partial charge in [-0.15, -0.1) is 10.2 Å². The summed E-state index contributed by atoms with van der Waals surface area (Å²) in [4.78, 5) is 18.9. The van der Waals surface area contributed by atoms with Crippen LogP contribution in [-0.2, 0) is 15.4 Å². The molecule has 0 atom stereocenters.